The molecule has 2 N–H and O–H groups in total. The Balaban J connectivity index is 1.09. The van der Waals surface area contributed by atoms with E-state index < -0.39 is 16.1 Å². The third-order valence-corrected chi connectivity index (χ3v) is 11.3. The number of rotatable bonds is 7. The van der Waals surface area contributed by atoms with Crippen LogP contribution in [0.2, 0.25) is 5.02 Å². The van der Waals surface area contributed by atoms with E-state index in [4.69, 9.17) is 11.6 Å². The lowest BCUT2D eigenvalue weighted by molar-refractivity contribution is -0.131. The third kappa shape index (κ3) is 5.04. The number of hydrogen-bond acceptors (Lipinski definition) is 4. The minimum atomic E-state index is -3.57. The number of fused-ring (bicyclic) bond motifs is 2. The Morgan fingerprint density at radius 2 is 1.79 bits per heavy atom. The van der Waals surface area contributed by atoms with Gasteiger partial charge in [0.25, 0.3) is 0 Å². The standard InChI is InChI=1S/C26H37ClN2O4S/c27-21-4-6-23(7-5-21)34(32,33)29-12-9-22(10-13-29)28-25(31)24(30)8-11-26-15-18-2-1-3-19(16-26)20(14-18)17-26/h4-7,18-20,22,24,30H,1-3,8-17H2,(H,28,31). The van der Waals surface area contributed by atoms with Gasteiger partial charge < -0.3 is 10.4 Å². The molecule has 1 heterocycles. The number of halogens is 1. The Bertz CT molecular complexity index is 989. The fourth-order valence-electron chi connectivity index (χ4n) is 7.50. The maximum atomic E-state index is 12.9. The van der Waals surface area contributed by atoms with Gasteiger partial charge in [-0.05, 0) is 98.8 Å². The van der Waals surface area contributed by atoms with E-state index in [-0.39, 0.29) is 16.8 Å². The van der Waals surface area contributed by atoms with Crippen LogP contribution in [0.5, 0.6) is 0 Å². The molecule has 0 aromatic heterocycles. The van der Waals surface area contributed by atoms with Gasteiger partial charge in [0.05, 0.1) is 4.90 Å². The second-order valence-electron chi connectivity index (χ2n) is 11.4. The van der Waals surface area contributed by atoms with E-state index in [9.17, 15) is 18.3 Å². The fourth-order valence-corrected chi connectivity index (χ4v) is 9.09. The predicted octanol–water partition coefficient (Wildman–Crippen LogP) is 4.36. The molecule has 0 radical (unpaired) electrons. The number of amides is 1. The molecule has 5 rings (SSSR count). The Labute approximate surface area is 208 Å². The van der Waals surface area contributed by atoms with Crippen LogP contribution in [-0.4, -0.2) is 49.0 Å². The number of aliphatic hydroxyl groups excluding tert-OH is 1. The first-order valence-electron chi connectivity index (χ1n) is 13.0. The number of benzene rings is 1. The first-order chi connectivity index (χ1) is 16.2. The fraction of sp³-hybridized carbons (Fsp3) is 0.731. The topological polar surface area (TPSA) is 86.7 Å². The Morgan fingerprint density at radius 1 is 1.09 bits per heavy atom. The van der Waals surface area contributed by atoms with E-state index in [1.54, 1.807) is 12.1 Å². The molecule has 6 nitrogen and oxygen atoms in total. The van der Waals surface area contributed by atoms with Crippen LogP contribution in [-0.2, 0) is 14.8 Å². The average Bonchev–Trinajstić information content (AvgIpc) is 2.98. The summed E-state index contributed by atoms with van der Waals surface area (Å²) in [7, 11) is -3.57. The van der Waals surface area contributed by atoms with Crippen LogP contribution in [0.15, 0.2) is 29.2 Å². The summed E-state index contributed by atoms with van der Waals surface area (Å²) in [4.78, 5) is 12.9. The zero-order chi connectivity index (χ0) is 23.9. The van der Waals surface area contributed by atoms with Gasteiger partial charge in [0, 0.05) is 24.2 Å². The SMILES string of the molecule is O=C(NC1CCN(S(=O)(=O)c2ccc(Cl)cc2)CC1)C(O)CCC12CC3CCCC(C1)C(C3)C2. The van der Waals surface area contributed by atoms with Crippen LogP contribution >= 0.6 is 11.6 Å². The molecule has 4 aliphatic rings. The van der Waals surface area contributed by atoms with Crippen LogP contribution in [0, 0.1) is 23.2 Å². The molecule has 4 fully saturated rings. The average molecular weight is 509 g/mol. The summed E-state index contributed by atoms with van der Waals surface area (Å²) in [5.41, 5.74) is 0.349. The summed E-state index contributed by atoms with van der Waals surface area (Å²) < 4.78 is 27.2. The summed E-state index contributed by atoms with van der Waals surface area (Å²) in [6.45, 7) is 0.693. The van der Waals surface area contributed by atoms with Crippen molar-refractivity contribution in [2.24, 2.45) is 23.2 Å². The van der Waals surface area contributed by atoms with E-state index in [0.29, 0.717) is 42.8 Å². The van der Waals surface area contributed by atoms with E-state index in [1.807, 2.05) is 0 Å². The van der Waals surface area contributed by atoms with Crippen molar-refractivity contribution < 1.29 is 18.3 Å². The first kappa shape index (κ1) is 24.5. The van der Waals surface area contributed by atoms with Crippen molar-refractivity contribution in [2.75, 3.05) is 13.1 Å². The summed E-state index contributed by atoms with van der Waals surface area (Å²) in [5.74, 6) is 2.29. The highest BCUT2D eigenvalue weighted by molar-refractivity contribution is 7.89. The van der Waals surface area contributed by atoms with Gasteiger partial charge in [0.1, 0.15) is 6.10 Å². The van der Waals surface area contributed by atoms with Crippen molar-refractivity contribution in [3.8, 4) is 0 Å². The van der Waals surface area contributed by atoms with Crippen molar-refractivity contribution in [3.05, 3.63) is 29.3 Å². The van der Waals surface area contributed by atoms with Gasteiger partial charge >= 0.3 is 0 Å². The van der Waals surface area contributed by atoms with Crippen molar-refractivity contribution >= 4 is 27.5 Å². The van der Waals surface area contributed by atoms with Gasteiger partial charge in [-0.1, -0.05) is 30.9 Å². The van der Waals surface area contributed by atoms with Gasteiger partial charge in [-0.25, -0.2) is 8.42 Å². The minimum absolute atomic E-state index is 0.109. The Morgan fingerprint density at radius 3 is 2.53 bits per heavy atom. The van der Waals surface area contributed by atoms with E-state index in [1.165, 1.54) is 61.4 Å². The van der Waals surface area contributed by atoms with Gasteiger partial charge in [0.15, 0.2) is 0 Å². The maximum absolute atomic E-state index is 12.9. The van der Waals surface area contributed by atoms with Gasteiger partial charge in [-0.2, -0.15) is 4.31 Å². The molecule has 1 saturated heterocycles. The molecule has 3 bridgehead atoms. The number of piperidine rings is 1. The molecule has 188 valence electrons. The molecule has 3 aliphatic carbocycles. The van der Waals surface area contributed by atoms with Gasteiger partial charge in [0.2, 0.25) is 15.9 Å². The highest BCUT2D eigenvalue weighted by atomic mass is 35.5. The van der Waals surface area contributed by atoms with Crippen LogP contribution in [0.3, 0.4) is 0 Å². The number of hydrogen-bond donors (Lipinski definition) is 2. The van der Waals surface area contributed by atoms with Crippen LogP contribution in [0.1, 0.15) is 70.6 Å². The predicted molar refractivity (Wildman–Crippen MR) is 132 cm³/mol. The number of carbonyl (C=O) groups excluding carboxylic acids is 1. The maximum Gasteiger partial charge on any atom is 0.249 e. The number of sulfonamides is 1. The molecule has 0 spiro atoms. The molecule has 1 aromatic rings. The summed E-state index contributed by atoms with van der Waals surface area (Å²) in [6.07, 6.45) is 11.0. The van der Waals surface area contributed by atoms with Crippen molar-refractivity contribution in [3.63, 3.8) is 0 Å². The molecular weight excluding hydrogens is 472 g/mol. The molecular formula is C26H37ClN2O4S. The zero-order valence-corrected chi connectivity index (χ0v) is 21.4. The lowest BCUT2D eigenvalue weighted by Crippen LogP contribution is -2.48. The summed E-state index contributed by atoms with van der Waals surface area (Å²) in [5, 5.41) is 14.1. The van der Waals surface area contributed by atoms with Crippen LogP contribution < -0.4 is 5.32 Å². The number of nitrogens with one attached hydrogen (secondary N) is 1. The Kier molecular flexibility index (Phi) is 7.01. The second kappa shape index (κ2) is 9.72. The third-order valence-electron chi connectivity index (χ3n) is 9.10. The molecule has 34 heavy (non-hydrogen) atoms. The molecule has 1 aliphatic heterocycles. The lowest BCUT2D eigenvalue weighted by atomic mass is 9.67. The van der Waals surface area contributed by atoms with E-state index >= 15 is 0 Å². The largest absolute Gasteiger partial charge is 0.383 e. The number of nitrogens with zero attached hydrogens (tertiary/aromatic N) is 1. The lowest BCUT2D eigenvalue weighted by Gasteiger charge is -2.38. The second-order valence-corrected chi connectivity index (χ2v) is 13.7. The van der Waals surface area contributed by atoms with E-state index in [0.717, 1.165) is 24.2 Å². The molecule has 1 amide bonds. The number of carbonyl (C=O) groups is 1. The molecule has 3 saturated carbocycles. The van der Waals surface area contributed by atoms with Crippen molar-refractivity contribution in [1.82, 2.24) is 9.62 Å². The highest BCUT2D eigenvalue weighted by Gasteiger charge is 2.51. The molecule has 1 aromatic carbocycles. The molecule has 8 heteroatoms. The molecule has 5 atom stereocenters. The van der Waals surface area contributed by atoms with E-state index in [2.05, 4.69) is 5.32 Å². The van der Waals surface area contributed by atoms with Gasteiger partial charge in [-0.15, -0.1) is 0 Å². The smallest absolute Gasteiger partial charge is 0.249 e. The minimum Gasteiger partial charge on any atom is -0.383 e. The quantitative estimate of drug-likeness (QED) is 0.573. The summed E-state index contributed by atoms with van der Waals surface area (Å²) in [6, 6.07) is 6.09. The first-order valence-corrected chi connectivity index (χ1v) is 14.8. The molecule has 5 unspecified atom stereocenters. The normalized spacial score (nSPS) is 32.9. The van der Waals surface area contributed by atoms with Gasteiger partial charge in [-0.3, -0.25) is 4.79 Å². The number of aliphatic hydroxyl groups is 1. The van der Waals surface area contributed by atoms with Crippen LogP contribution in [0.4, 0.5) is 0 Å². The monoisotopic (exact) mass is 508 g/mol. The highest BCUT2D eigenvalue weighted by Crippen LogP contribution is 2.61. The van der Waals surface area contributed by atoms with Crippen molar-refractivity contribution in [2.45, 2.75) is 87.7 Å². The summed E-state index contributed by atoms with van der Waals surface area (Å²) >= 11 is 5.88. The zero-order valence-electron chi connectivity index (χ0n) is 19.8. The Hall–Kier alpha value is -1.15. The van der Waals surface area contributed by atoms with Crippen molar-refractivity contribution in [1.29, 1.82) is 0 Å². The van der Waals surface area contributed by atoms with Crippen LogP contribution in [0.25, 0.3) is 0 Å².